The first-order valence-electron chi connectivity index (χ1n) is 4.91. The van der Waals surface area contributed by atoms with Gasteiger partial charge in [-0.25, -0.2) is 0 Å². The molecule has 2 N–H and O–H groups in total. The molecular formula is C10H8F3N3S2. The van der Waals surface area contributed by atoms with E-state index in [-0.39, 0.29) is 0 Å². The van der Waals surface area contributed by atoms with E-state index in [4.69, 9.17) is 12.2 Å². The monoisotopic (exact) mass is 291 g/mol. The lowest BCUT2D eigenvalue weighted by Gasteiger charge is -2.07. The molecule has 0 aliphatic rings. The molecule has 0 aliphatic carbocycles. The first-order chi connectivity index (χ1) is 8.45. The minimum absolute atomic E-state index is 0.397. The SMILES string of the molecule is FC(F)(F)c1ccc(CNc2n[nH]c(=S)s2)cc1. The third-order valence-electron chi connectivity index (χ3n) is 2.16. The lowest BCUT2D eigenvalue weighted by Crippen LogP contribution is -2.05. The topological polar surface area (TPSA) is 40.7 Å². The van der Waals surface area contributed by atoms with Crippen LogP contribution in [0.15, 0.2) is 24.3 Å². The quantitative estimate of drug-likeness (QED) is 0.844. The molecule has 0 unspecified atom stereocenters. The second-order valence-corrected chi connectivity index (χ2v) is 5.13. The highest BCUT2D eigenvalue weighted by molar-refractivity contribution is 7.73. The highest BCUT2D eigenvalue weighted by atomic mass is 32.1. The molecule has 3 nitrogen and oxygen atoms in total. The number of nitrogens with one attached hydrogen (secondary N) is 2. The summed E-state index contributed by atoms with van der Waals surface area (Å²) in [6.07, 6.45) is -4.30. The van der Waals surface area contributed by atoms with Gasteiger partial charge in [0.05, 0.1) is 5.56 Å². The van der Waals surface area contributed by atoms with Crippen LogP contribution in [-0.4, -0.2) is 10.2 Å². The van der Waals surface area contributed by atoms with Crippen LogP contribution in [0.3, 0.4) is 0 Å². The van der Waals surface area contributed by atoms with Crippen LogP contribution in [0.2, 0.25) is 0 Å². The van der Waals surface area contributed by atoms with Crippen LogP contribution in [0.4, 0.5) is 18.3 Å². The van der Waals surface area contributed by atoms with Gasteiger partial charge in [0.25, 0.3) is 0 Å². The fourth-order valence-electron chi connectivity index (χ4n) is 1.29. The Morgan fingerprint density at radius 3 is 2.44 bits per heavy atom. The van der Waals surface area contributed by atoms with Crippen molar-refractivity contribution in [3.8, 4) is 0 Å². The van der Waals surface area contributed by atoms with E-state index in [1.165, 1.54) is 23.5 Å². The van der Waals surface area contributed by atoms with Crippen molar-refractivity contribution in [2.75, 3.05) is 5.32 Å². The molecule has 0 fully saturated rings. The Labute approximate surface area is 110 Å². The molecule has 0 atom stereocenters. The third-order valence-corrected chi connectivity index (χ3v) is 3.21. The van der Waals surface area contributed by atoms with Gasteiger partial charge in [0.2, 0.25) is 5.13 Å². The summed E-state index contributed by atoms with van der Waals surface area (Å²) in [6, 6.07) is 4.98. The first-order valence-corrected chi connectivity index (χ1v) is 6.13. The van der Waals surface area contributed by atoms with Crippen molar-refractivity contribution in [2.45, 2.75) is 12.7 Å². The van der Waals surface area contributed by atoms with Crippen molar-refractivity contribution in [1.29, 1.82) is 0 Å². The Hall–Kier alpha value is -1.41. The van der Waals surface area contributed by atoms with Crippen molar-refractivity contribution in [2.24, 2.45) is 0 Å². The molecule has 0 spiro atoms. The number of nitrogens with zero attached hydrogens (tertiary/aromatic N) is 1. The Morgan fingerprint density at radius 2 is 1.94 bits per heavy atom. The maximum Gasteiger partial charge on any atom is 0.416 e. The molecule has 1 aromatic carbocycles. The maximum absolute atomic E-state index is 12.3. The summed E-state index contributed by atoms with van der Waals surface area (Å²) < 4.78 is 37.5. The molecule has 2 aromatic rings. The van der Waals surface area contributed by atoms with Gasteiger partial charge in [0, 0.05) is 6.54 Å². The number of aromatic nitrogens is 2. The van der Waals surface area contributed by atoms with Crippen molar-refractivity contribution in [3.05, 3.63) is 39.3 Å². The minimum atomic E-state index is -4.30. The lowest BCUT2D eigenvalue weighted by molar-refractivity contribution is -0.137. The average molecular weight is 291 g/mol. The van der Waals surface area contributed by atoms with E-state index < -0.39 is 11.7 Å². The van der Waals surface area contributed by atoms with Crippen molar-refractivity contribution < 1.29 is 13.2 Å². The van der Waals surface area contributed by atoms with Gasteiger partial charge in [-0.15, -0.1) is 5.10 Å². The number of hydrogen-bond acceptors (Lipinski definition) is 4. The Kier molecular flexibility index (Phi) is 3.67. The van der Waals surface area contributed by atoms with Gasteiger partial charge in [-0.05, 0) is 29.9 Å². The van der Waals surface area contributed by atoms with Gasteiger partial charge in [-0.3, -0.25) is 5.10 Å². The van der Waals surface area contributed by atoms with Crippen LogP contribution in [0.25, 0.3) is 0 Å². The number of anilines is 1. The number of rotatable bonds is 3. The molecule has 96 valence electrons. The normalized spacial score (nSPS) is 11.5. The highest BCUT2D eigenvalue weighted by Gasteiger charge is 2.29. The summed E-state index contributed by atoms with van der Waals surface area (Å²) >= 11 is 6.13. The van der Waals surface area contributed by atoms with Crippen molar-refractivity contribution >= 4 is 28.7 Å². The standard InChI is InChI=1S/C10H8F3N3S2/c11-10(12,13)7-3-1-6(2-4-7)5-14-8-15-16-9(17)18-8/h1-4H,5H2,(H,14,15)(H,16,17). The number of alkyl halides is 3. The van der Waals surface area contributed by atoms with Crippen LogP contribution in [0, 0.1) is 3.95 Å². The molecule has 0 radical (unpaired) electrons. The molecule has 0 saturated heterocycles. The molecule has 0 amide bonds. The summed E-state index contributed by atoms with van der Waals surface area (Å²) in [7, 11) is 0. The molecular weight excluding hydrogens is 283 g/mol. The fourth-order valence-corrected chi connectivity index (χ4v) is 2.08. The smallest absolute Gasteiger partial charge is 0.356 e. The van der Waals surface area contributed by atoms with Crippen LogP contribution < -0.4 is 5.32 Å². The van der Waals surface area contributed by atoms with Crippen LogP contribution in [0.1, 0.15) is 11.1 Å². The lowest BCUT2D eigenvalue weighted by atomic mass is 10.1. The summed E-state index contributed by atoms with van der Waals surface area (Å²) in [5, 5.41) is 10.1. The van der Waals surface area contributed by atoms with E-state index in [2.05, 4.69) is 15.5 Å². The van der Waals surface area contributed by atoms with E-state index in [0.717, 1.165) is 17.7 Å². The van der Waals surface area contributed by atoms with E-state index in [0.29, 0.717) is 15.6 Å². The predicted molar refractivity (Wildman–Crippen MR) is 66.1 cm³/mol. The summed E-state index contributed by atoms with van der Waals surface area (Å²) in [5.41, 5.74) is 0.0887. The predicted octanol–water partition coefficient (Wildman–Crippen LogP) is 3.83. The molecule has 18 heavy (non-hydrogen) atoms. The largest absolute Gasteiger partial charge is 0.416 e. The second kappa shape index (κ2) is 5.07. The number of halogens is 3. The summed E-state index contributed by atoms with van der Waals surface area (Å²) in [4.78, 5) is 0. The van der Waals surface area contributed by atoms with E-state index in [1.807, 2.05) is 0 Å². The molecule has 0 aliphatic heterocycles. The van der Waals surface area contributed by atoms with Gasteiger partial charge < -0.3 is 5.32 Å². The second-order valence-electron chi connectivity index (χ2n) is 3.47. The molecule has 2 rings (SSSR count). The van der Waals surface area contributed by atoms with E-state index >= 15 is 0 Å². The number of benzene rings is 1. The third kappa shape index (κ3) is 3.30. The van der Waals surface area contributed by atoms with Crippen molar-refractivity contribution in [3.63, 3.8) is 0 Å². The zero-order valence-electron chi connectivity index (χ0n) is 8.91. The molecule has 0 bridgehead atoms. The van der Waals surface area contributed by atoms with Gasteiger partial charge in [0.1, 0.15) is 0 Å². The first kappa shape index (κ1) is 13.0. The zero-order valence-corrected chi connectivity index (χ0v) is 10.5. The Morgan fingerprint density at radius 1 is 1.28 bits per heavy atom. The number of H-pyrrole nitrogens is 1. The van der Waals surface area contributed by atoms with Crippen LogP contribution >= 0.6 is 23.6 Å². The minimum Gasteiger partial charge on any atom is -0.356 e. The Bertz CT molecular complexity index is 571. The van der Waals surface area contributed by atoms with Gasteiger partial charge >= 0.3 is 6.18 Å². The molecule has 1 aromatic heterocycles. The number of hydrogen-bond donors (Lipinski definition) is 2. The highest BCUT2D eigenvalue weighted by Crippen LogP contribution is 2.29. The summed E-state index contributed by atoms with van der Waals surface area (Å²) in [6.45, 7) is 0.397. The zero-order chi connectivity index (χ0) is 13.2. The average Bonchev–Trinajstić information content (AvgIpc) is 2.72. The van der Waals surface area contributed by atoms with Crippen LogP contribution in [-0.2, 0) is 12.7 Å². The number of aromatic amines is 1. The molecule has 0 saturated carbocycles. The van der Waals surface area contributed by atoms with Gasteiger partial charge in [0.15, 0.2) is 3.95 Å². The van der Waals surface area contributed by atoms with Crippen LogP contribution in [0.5, 0.6) is 0 Å². The fraction of sp³-hybridized carbons (Fsp3) is 0.200. The van der Waals surface area contributed by atoms with E-state index in [9.17, 15) is 13.2 Å². The maximum atomic E-state index is 12.3. The van der Waals surface area contributed by atoms with Gasteiger partial charge in [-0.1, -0.05) is 23.5 Å². The summed E-state index contributed by atoms with van der Waals surface area (Å²) in [5.74, 6) is 0. The van der Waals surface area contributed by atoms with E-state index in [1.54, 1.807) is 0 Å². The Balaban J connectivity index is 2.00. The van der Waals surface area contributed by atoms with Gasteiger partial charge in [-0.2, -0.15) is 13.2 Å². The van der Waals surface area contributed by atoms with Crippen molar-refractivity contribution in [1.82, 2.24) is 10.2 Å². The molecule has 1 heterocycles. The molecule has 8 heteroatoms.